The van der Waals surface area contributed by atoms with E-state index in [1.165, 1.54) is 37.8 Å². The quantitative estimate of drug-likeness (QED) is 0.889. The molecule has 1 aromatic rings. The lowest BCUT2D eigenvalue weighted by atomic mass is 9.78. The monoisotopic (exact) mass is 249 g/mol. The number of aromatic nitrogens is 2. The molecule has 2 heterocycles. The smallest absolute Gasteiger partial charge is 0.0522 e. The van der Waals surface area contributed by atoms with Crippen molar-refractivity contribution in [2.75, 3.05) is 6.54 Å². The van der Waals surface area contributed by atoms with E-state index in [0.717, 1.165) is 13.0 Å². The zero-order valence-corrected chi connectivity index (χ0v) is 12.1. The molecular weight excluding hydrogens is 222 g/mol. The summed E-state index contributed by atoms with van der Waals surface area (Å²) in [6, 6.07) is 0. The molecule has 0 aliphatic carbocycles. The van der Waals surface area contributed by atoms with Crippen molar-refractivity contribution in [2.45, 2.75) is 65.0 Å². The minimum atomic E-state index is 0.276. The van der Waals surface area contributed by atoms with Gasteiger partial charge in [0.05, 0.1) is 6.20 Å². The van der Waals surface area contributed by atoms with Crippen molar-refractivity contribution < 1.29 is 0 Å². The van der Waals surface area contributed by atoms with E-state index >= 15 is 0 Å². The van der Waals surface area contributed by atoms with Crippen molar-refractivity contribution in [1.29, 1.82) is 0 Å². The number of aryl methyl sites for hydroxylation is 1. The highest BCUT2D eigenvalue weighted by atomic mass is 15.3. The highest BCUT2D eigenvalue weighted by Gasteiger charge is 2.34. The summed E-state index contributed by atoms with van der Waals surface area (Å²) in [7, 11) is 0. The highest BCUT2D eigenvalue weighted by Crippen LogP contribution is 2.30. The third-order valence-corrected chi connectivity index (χ3v) is 4.41. The molecule has 0 bridgehead atoms. The zero-order valence-electron chi connectivity index (χ0n) is 12.1. The van der Waals surface area contributed by atoms with Crippen LogP contribution in [0.4, 0.5) is 0 Å². The normalized spacial score (nSPS) is 25.3. The van der Waals surface area contributed by atoms with E-state index in [4.69, 9.17) is 0 Å². The van der Waals surface area contributed by atoms with Gasteiger partial charge in [0.1, 0.15) is 0 Å². The number of nitrogens with zero attached hydrogens (tertiary/aromatic N) is 2. The van der Waals surface area contributed by atoms with Crippen LogP contribution in [0.3, 0.4) is 0 Å². The summed E-state index contributed by atoms with van der Waals surface area (Å²) in [6.07, 6.45) is 10.7. The second-order valence-corrected chi connectivity index (χ2v) is 5.93. The van der Waals surface area contributed by atoms with Gasteiger partial charge in [-0.15, -0.1) is 0 Å². The molecule has 1 N–H and O–H groups in total. The predicted molar refractivity (Wildman–Crippen MR) is 75.6 cm³/mol. The molecule has 3 heteroatoms. The molecule has 0 aromatic carbocycles. The van der Waals surface area contributed by atoms with E-state index in [1.807, 2.05) is 10.9 Å². The van der Waals surface area contributed by atoms with E-state index in [1.54, 1.807) is 0 Å². The Morgan fingerprint density at radius 1 is 1.39 bits per heavy atom. The van der Waals surface area contributed by atoms with Gasteiger partial charge >= 0.3 is 0 Å². The van der Waals surface area contributed by atoms with Crippen molar-refractivity contribution in [3.63, 3.8) is 0 Å². The summed E-state index contributed by atoms with van der Waals surface area (Å²) >= 11 is 0. The van der Waals surface area contributed by atoms with Crippen LogP contribution in [0.15, 0.2) is 12.4 Å². The third kappa shape index (κ3) is 2.94. The van der Waals surface area contributed by atoms with Crippen molar-refractivity contribution in [3.05, 3.63) is 18.0 Å². The van der Waals surface area contributed by atoms with Crippen LogP contribution < -0.4 is 5.32 Å². The van der Waals surface area contributed by atoms with Crippen LogP contribution in [0, 0.1) is 5.92 Å². The lowest BCUT2D eigenvalue weighted by Gasteiger charge is -2.38. The molecular formula is C15H27N3. The Balaban J connectivity index is 2.13. The van der Waals surface area contributed by atoms with Crippen LogP contribution >= 0.6 is 0 Å². The lowest BCUT2D eigenvalue weighted by molar-refractivity contribution is 0.226. The Morgan fingerprint density at radius 2 is 2.22 bits per heavy atom. The molecule has 18 heavy (non-hydrogen) atoms. The molecule has 3 nitrogen and oxygen atoms in total. The molecule has 0 saturated carbocycles. The summed E-state index contributed by atoms with van der Waals surface area (Å²) in [6.45, 7) is 8.96. The Morgan fingerprint density at radius 3 is 2.89 bits per heavy atom. The SMILES string of the molecule is CCn1cc(CC2(C(C)C)CCCCCN2)cn1. The number of nitrogens with one attached hydrogen (secondary N) is 1. The van der Waals surface area contributed by atoms with Crippen LogP contribution in [0.5, 0.6) is 0 Å². The van der Waals surface area contributed by atoms with Crippen LogP contribution in [0.25, 0.3) is 0 Å². The molecule has 0 radical (unpaired) electrons. The summed E-state index contributed by atoms with van der Waals surface area (Å²) in [5.74, 6) is 0.667. The second kappa shape index (κ2) is 5.87. The van der Waals surface area contributed by atoms with Gasteiger partial charge in [0.15, 0.2) is 0 Å². The Bertz CT molecular complexity index is 360. The fourth-order valence-electron chi connectivity index (χ4n) is 3.05. The van der Waals surface area contributed by atoms with Crippen molar-refractivity contribution in [1.82, 2.24) is 15.1 Å². The van der Waals surface area contributed by atoms with Crippen molar-refractivity contribution >= 4 is 0 Å². The molecule has 1 fully saturated rings. The van der Waals surface area contributed by atoms with Gasteiger partial charge in [0, 0.05) is 18.3 Å². The average Bonchev–Trinajstić information content (AvgIpc) is 2.66. The standard InChI is InChI=1S/C15H27N3/c1-4-18-12-14(11-17-18)10-15(13(2)3)8-6-5-7-9-16-15/h11-13,16H,4-10H2,1-3H3. The molecule has 1 saturated heterocycles. The minimum absolute atomic E-state index is 0.276. The molecule has 1 atom stereocenters. The van der Waals surface area contributed by atoms with E-state index < -0.39 is 0 Å². The van der Waals surface area contributed by atoms with Gasteiger partial charge in [-0.2, -0.15) is 5.10 Å². The Labute approximate surface area is 111 Å². The molecule has 0 amide bonds. The number of rotatable bonds is 4. The molecule has 1 aliphatic heterocycles. The molecule has 1 aromatic heterocycles. The minimum Gasteiger partial charge on any atom is -0.311 e. The zero-order chi connectivity index (χ0) is 13.0. The Kier molecular flexibility index (Phi) is 4.44. The first kappa shape index (κ1) is 13.6. The van der Waals surface area contributed by atoms with Crippen LogP contribution in [-0.4, -0.2) is 21.9 Å². The Hall–Kier alpha value is -0.830. The van der Waals surface area contributed by atoms with Gasteiger partial charge in [0.2, 0.25) is 0 Å². The molecule has 2 rings (SSSR count). The van der Waals surface area contributed by atoms with E-state index in [9.17, 15) is 0 Å². The van der Waals surface area contributed by atoms with Gasteiger partial charge in [-0.3, -0.25) is 4.68 Å². The van der Waals surface area contributed by atoms with E-state index in [-0.39, 0.29) is 5.54 Å². The van der Waals surface area contributed by atoms with Crippen LogP contribution in [0.2, 0.25) is 0 Å². The largest absolute Gasteiger partial charge is 0.311 e. The maximum Gasteiger partial charge on any atom is 0.0522 e. The summed E-state index contributed by atoms with van der Waals surface area (Å²) in [4.78, 5) is 0. The average molecular weight is 249 g/mol. The number of hydrogen-bond donors (Lipinski definition) is 1. The summed E-state index contributed by atoms with van der Waals surface area (Å²) < 4.78 is 2.03. The summed E-state index contributed by atoms with van der Waals surface area (Å²) in [5, 5.41) is 8.24. The molecule has 0 spiro atoms. The molecule has 1 aliphatic rings. The fourth-order valence-corrected chi connectivity index (χ4v) is 3.05. The molecule has 1 unspecified atom stereocenters. The fraction of sp³-hybridized carbons (Fsp3) is 0.800. The van der Waals surface area contributed by atoms with Gasteiger partial charge in [0.25, 0.3) is 0 Å². The van der Waals surface area contributed by atoms with Gasteiger partial charge in [-0.1, -0.05) is 26.7 Å². The first-order valence-electron chi connectivity index (χ1n) is 7.42. The first-order valence-corrected chi connectivity index (χ1v) is 7.42. The topological polar surface area (TPSA) is 29.9 Å². The van der Waals surface area contributed by atoms with Gasteiger partial charge in [-0.25, -0.2) is 0 Å². The first-order chi connectivity index (χ1) is 8.66. The summed E-state index contributed by atoms with van der Waals surface area (Å²) in [5.41, 5.74) is 1.65. The third-order valence-electron chi connectivity index (χ3n) is 4.41. The second-order valence-electron chi connectivity index (χ2n) is 5.93. The maximum absolute atomic E-state index is 4.40. The predicted octanol–water partition coefficient (Wildman–Crippen LogP) is 3.00. The molecule has 102 valence electrons. The van der Waals surface area contributed by atoms with Crippen molar-refractivity contribution in [2.24, 2.45) is 5.92 Å². The maximum atomic E-state index is 4.40. The van der Waals surface area contributed by atoms with Crippen molar-refractivity contribution in [3.8, 4) is 0 Å². The van der Waals surface area contributed by atoms with Crippen LogP contribution in [-0.2, 0) is 13.0 Å². The number of hydrogen-bond acceptors (Lipinski definition) is 2. The lowest BCUT2D eigenvalue weighted by Crippen LogP contribution is -2.50. The van der Waals surface area contributed by atoms with Gasteiger partial charge < -0.3 is 5.32 Å². The van der Waals surface area contributed by atoms with E-state index in [0.29, 0.717) is 5.92 Å². The van der Waals surface area contributed by atoms with Crippen LogP contribution in [0.1, 0.15) is 52.0 Å². The van der Waals surface area contributed by atoms with E-state index in [2.05, 4.69) is 37.4 Å². The van der Waals surface area contributed by atoms with Gasteiger partial charge in [-0.05, 0) is 44.2 Å². The highest BCUT2D eigenvalue weighted by molar-refractivity contribution is 5.11.